The molecule has 9 heteroatoms. The van der Waals surface area contributed by atoms with E-state index in [1.807, 2.05) is 18.2 Å². The molecule has 3 aromatic rings. The number of nitrogens with zero attached hydrogens (tertiary/aromatic N) is 3. The van der Waals surface area contributed by atoms with Crippen LogP contribution in [0.5, 0.6) is 5.75 Å². The fourth-order valence-corrected chi connectivity index (χ4v) is 3.72. The highest BCUT2D eigenvalue weighted by Gasteiger charge is 2.20. The first-order chi connectivity index (χ1) is 14.0. The van der Waals surface area contributed by atoms with E-state index in [1.54, 1.807) is 12.1 Å². The van der Waals surface area contributed by atoms with E-state index in [4.69, 9.17) is 21.4 Å². The van der Waals surface area contributed by atoms with Gasteiger partial charge >= 0.3 is 5.97 Å². The Morgan fingerprint density at radius 3 is 2.70 bits per heavy atom. The van der Waals surface area contributed by atoms with Gasteiger partial charge in [-0.15, -0.1) is 12.4 Å². The van der Waals surface area contributed by atoms with E-state index in [0.717, 1.165) is 42.6 Å². The summed E-state index contributed by atoms with van der Waals surface area (Å²) in [6, 6.07) is 10.4. The van der Waals surface area contributed by atoms with Crippen LogP contribution in [0, 0.1) is 0 Å². The lowest BCUT2D eigenvalue weighted by Crippen LogP contribution is -2.35. The molecule has 2 aromatic carbocycles. The van der Waals surface area contributed by atoms with Gasteiger partial charge in [0.05, 0.1) is 21.5 Å². The summed E-state index contributed by atoms with van der Waals surface area (Å²) in [5, 5.41) is 13.3. The van der Waals surface area contributed by atoms with Gasteiger partial charge in [0, 0.05) is 18.8 Å². The number of hydrogen-bond acceptors (Lipinski definition) is 6. The number of carboxylic acids is 1. The first-order valence-corrected chi connectivity index (χ1v) is 9.78. The Balaban J connectivity index is 0.00000256. The second-order valence-electron chi connectivity index (χ2n) is 7.12. The number of aromatic carboxylic acids is 1. The van der Waals surface area contributed by atoms with Crippen LogP contribution in [0.15, 0.2) is 42.7 Å². The average molecular weight is 449 g/mol. The van der Waals surface area contributed by atoms with E-state index in [0.29, 0.717) is 11.5 Å². The zero-order valence-electron chi connectivity index (χ0n) is 16.3. The number of carbonyl (C=O) groups is 1. The molecule has 1 aliphatic rings. The van der Waals surface area contributed by atoms with Crippen molar-refractivity contribution >= 4 is 52.4 Å². The number of halogens is 2. The summed E-state index contributed by atoms with van der Waals surface area (Å²) in [5.41, 5.74) is 1.45. The van der Waals surface area contributed by atoms with E-state index >= 15 is 0 Å². The van der Waals surface area contributed by atoms with Crippen LogP contribution < -0.4 is 10.1 Å². The third kappa shape index (κ3) is 4.75. The number of benzene rings is 2. The molecule has 1 aromatic heterocycles. The van der Waals surface area contributed by atoms with Crippen LogP contribution in [-0.4, -0.2) is 52.2 Å². The molecule has 0 atom stereocenters. The summed E-state index contributed by atoms with van der Waals surface area (Å²) in [6.07, 6.45) is 3.57. The lowest BCUT2D eigenvalue weighted by molar-refractivity contribution is 0.0697. The smallest absolute Gasteiger partial charge is 0.337 e. The molecule has 0 unspecified atom stereocenters. The SMILES string of the molecule is CN1CCC(Oc2cccc3ncnc(Nc4ccc(C(=O)O)c(Cl)c4)c23)CC1.Cl. The van der Waals surface area contributed by atoms with Gasteiger partial charge in [-0.2, -0.15) is 0 Å². The summed E-state index contributed by atoms with van der Waals surface area (Å²) in [6.45, 7) is 2.01. The zero-order valence-corrected chi connectivity index (χ0v) is 17.9. The minimum Gasteiger partial charge on any atom is -0.489 e. The largest absolute Gasteiger partial charge is 0.489 e. The molecule has 1 saturated heterocycles. The second kappa shape index (κ2) is 9.47. The minimum atomic E-state index is -1.07. The van der Waals surface area contributed by atoms with Crippen molar-refractivity contribution in [3.05, 3.63) is 53.3 Å². The predicted octanol–water partition coefficient (Wildman–Crippen LogP) is 4.62. The van der Waals surface area contributed by atoms with Crippen molar-refractivity contribution in [2.45, 2.75) is 18.9 Å². The van der Waals surface area contributed by atoms with Crippen LogP contribution in [-0.2, 0) is 0 Å². The van der Waals surface area contributed by atoms with Gasteiger partial charge in [-0.3, -0.25) is 0 Å². The van der Waals surface area contributed by atoms with Crippen LogP contribution in [0.4, 0.5) is 11.5 Å². The summed E-state index contributed by atoms with van der Waals surface area (Å²) in [7, 11) is 2.12. The maximum absolute atomic E-state index is 11.2. The van der Waals surface area contributed by atoms with Crippen molar-refractivity contribution in [1.82, 2.24) is 14.9 Å². The first-order valence-electron chi connectivity index (χ1n) is 9.40. The summed E-state index contributed by atoms with van der Waals surface area (Å²) < 4.78 is 6.32. The molecule has 0 radical (unpaired) electrons. The second-order valence-corrected chi connectivity index (χ2v) is 7.53. The standard InChI is InChI=1S/C21H21ClN4O3.ClH/c1-26-9-7-14(8-10-26)29-18-4-2-3-17-19(18)20(24-12-23-17)25-13-5-6-15(21(27)28)16(22)11-13;/h2-6,11-12,14H,7-10H2,1H3,(H,27,28)(H,23,24,25);1H. The van der Waals surface area contributed by atoms with Crippen molar-refractivity contribution in [2.24, 2.45) is 0 Å². The van der Waals surface area contributed by atoms with Crippen molar-refractivity contribution in [1.29, 1.82) is 0 Å². The first kappa shape index (κ1) is 22.1. The van der Waals surface area contributed by atoms with E-state index in [9.17, 15) is 4.79 Å². The molecule has 30 heavy (non-hydrogen) atoms. The summed E-state index contributed by atoms with van der Waals surface area (Å²) in [5.74, 6) is 0.244. The van der Waals surface area contributed by atoms with Crippen LogP contribution in [0.2, 0.25) is 5.02 Å². The minimum absolute atomic E-state index is 0. The van der Waals surface area contributed by atoms with E-state index < -0.39 is 5.97 Å². The highest BCUT2D eigenvalue weighted by molar-refractivity contribution is 6.33. The van der Waals surface area contributed by atoms with Crippen molar-refractivity contribution < 1.29 is 14.6 Å². The van der Waals surface area contributed by atoms with Crippen LogP contribution in [0.3, 0.4) is 0 Å². The Morgan fingerprint density at radius 2 is 2.00 bits per heavy atom. The number of carboxylic acid groups (broad SMARTS) is 1. The Bertz CT molecular complexity index is 1050. The van der Waals surface area contributed by atoms with Gasteiger partial charge in [0.25, 0.3) is 0 Å². The zero-order chi connectivity index (χ0) is 20.4. The van der Waals surface area contributed by atoms with Gasteiger partial charge < -0.3 is 20.1 Å². The molecular weight excluding hydrogens is 427 g/mol. The maximum atomic E-state index is 11.2. The van der Waals surface area contributed by atoms with Gasteiger partial charge in [0.2, 0.25) is 0 Å². The molecule has 0 bridgehead atoms. The Hall–Kier alpha value is -2.61. The van der Waals surface area contributed by atoms with Gasteiger partial charge in [0.1, 0.15) is 24.0 Å². The molecule has 0 amide bonds. The van der Waals surface area contributed by atoms with Gasteiger partial charge in [-0.25, -0.2) is 14.8 Å². The van der Waals surface area contributed by atoms with Crippen LogP contribution >= 0.6 is 24.0 Å². The molecule has 0 saturated carbocycles. The fourth-order valence-electron chi connectivity index (χ4n) is 3.46. The van der Waals surface area contributed by atoms with Gasteiger partial charge in [-0.05, 0) is 50.2 Å². The number of fused-ring (bicyclic) bond motifs is 1. The highest BCUT2D eigenvalue weighted by atomic mass is 35.5. The molecule has 1 aliphatic heterocycles. The van der Waals surface area contributed by atoms with E-state index in [2.05, 4.69) is 27.2 Å². The molecule has 158 valence electrons. The summed E-state index contributed by atoms with van der Waals surface area (Å²) >= 11 is 6.10. The molecular formula is C21H22Cl2N4O3. The number of hydrogen-bond donors (Lipinski definition) is 2. The van der Waals surface area contributed by atoms with Crippen molar-refractivity contribution in [3.63, 3.8) is 0 Å². The monoisotopic (exact) mass is 448 g/mol. The number of piperidine rings is 1. The average Bonchev–Trinajstić information content (AvgIpc) is 2.70. The quantitative estimate of drug-likeness (QED) is 0.588. The van der Waals surface area contributed by atoms with Gasteiger partial charge in [0.15, 0.2) is 0 Å². The topological polar surface area (TPSA) is 87.6 Å². The van der Waals surface area contributed by atoms with Crippen molar-refractivity contribution in [2.75, 3.05) is 25.5 Å². The Kier molecular flexibility index (Phi) is 6.97. The third-order valence-electron chi connectivity index (χ3n) is 5.05. The fraction of sp³-hybridized carbons (Fsp3) is 0.286. The number of nitrogens with one attached hydrogen (secondary N) is 1. The maximum Gasteiger partial charge on any atom is 0.337 e. The predicted molar refractivity (Wildman–Crippen MR) is 120 cm³/mol. The molecule has 1 fully saturated rings. The van der Waals surface area contributed by atoms with E-state index in [1.165, 1.54) is 12.4 Å². The van der Waals surface area contributed by atoms with Crippen LogP contribution in [0.1, 0.15) is 23.2 Å². The third-order valence-corrected chi connectivity index (χ3v) is 5.36. The summed E-state index contributed by atoms with van der Waals surface area (Å²) in [4.78, 5) is 22.2. The van der Waals surface area contributed by atoms with Crippen molar-refractivity contribution in [3.8, 4) is 5.75 Å². The molecule has 0 spiro atoms. The molecule has 0 aliphatic carbocycles. The number of aromatic nitrogens is 2. The Labute approximate surface area is 185 Å². The molecule has 2 N–H and O–H groups in total. The number of anilines is 2. The lowest BCUT2D eigenvalue weighted by Gasteiger charge is -2.29. The normalized spacial score (nSPS) is 14.9. The van der Waals surface area contributed by atoms with Gasteiger partial charge in [-0.1, -0.05) is 17.7 Å². The molecule has 2 heterocycles. The lowest BCUT2D eigenvalue weighted by atomic mass is 10.1. The van der Waals surface area contributed by atoms with Crippen LogP contribution in [0.25, 0.3) is 10.9 Å². The highest BCUT2D eigenvalue weighted by Crippen LogP contribution is 2.33. The van der Waals surface area contributed by atoms with E-state index in [-0.39, 0.29) is 29.1 Å². The molecule has 4 rings (SSSR count). The number of likely N-dealkylation sites (tertiary alicyclic amines) is 1. The number of rotatable bonds is 5. The Morgan fingerprint density at radius 1 is 1.23 bits per heavy atom. The molecule has 7 nitrogen and oxygen atoms in total. The number of ether oxygens (including phenoxy) is 1.